The fourth-order valence-corrected chi connectivity index (χ4v) is 0.645. The Morgan fingerprint density at radius 3 is 1.69 bits per heavy atom. The molecule has 0 bridgehead atoms. The van der Waals surface area contributed by atoms with Crippen LogP contribution in [0.5, 0.6) is 0 Å². The van der Waals surface area contributed by atoms with Crippen molar-refractivity contribution in [3.8, 4) is 0 Å². The largest absolute Gasteiger partial charge is 1.00 e. The van der Waals surface area contributed by atoms with Gasteiger partial charge in [-0.25, -0.2) is 0 Å². The Morgan fingerprint density at radius 1 is 1.08 bits per heavy atom. The third-order valence-corrected chi connectivity index (χ3v) is 1.13. The summed E-state index contributed by atoms with van der Waals surface area (Å²) in [6.45, 7) is 3.76. The average Bonchev–Trinajstić information content (AvgIpc) is 2.05. The van der Waals surface area contributed by atoms with E-state index < -0.39 is 7.32 Å². The second kappa shape index (κ2) is 10.9. The molecule has 0 amide bonds. The summed E-state index contributed by atoms with van der Waals surface area (Å²) in [7, 11) is -2.17. The van der Waals surface area contributed by atoms with Gasteiger partial charge in [-0.1, -0.05) is 35.9 Å². The monoisotopic (exact) mass is 206 g/mol. The molecule has 0 unspecified atom stereocenters. The maximum atomic E-state index is 7.17. The van der Waals surface area contributed by atoms with Crippen molar-refractivity contribution in [2.45, 2.75) is 6.42 Å². The van der Waals surface area contributed by atoms with Gasteiger partial charge in [0.15, 0.2) is 0 Å². The molecular formula is C8H12BKO3. The molecule has 0 fully saturated rings. The van der Waals surface area contributed by atoms with Crippen LogP contribution >= 0.6 is 0 Å². The van der Waals surface area contributed by atoms with Crippen molar-refractivity contribution in [1.82, 2.24) is 0 Å². The van der Waals surface area contributed by atoms with E-state index in [1.54, 1.807) is 0 Å². The third kappa shape index (κ3) is 12.8. The quantitative estimate of drug-likeness (QED) is 0.339. The van der Waals surface area contributed by atoms with E-state index in [-0.39, 0.29) is 51.4 Å². The summed E-state index contributed by atoms with van der Waals surface area (Å²) in [5.41, 5.74) is 1.30. The molecule has 66 valence electrons. The minimum Gasteiger partial charge on any atom is -0.402 e. The van der Waals surface area contributed by atoms with E-state index in [0.717, 1.165) is 6.42 Å². The van der Waals surface area contributed by atoms with Gasteiger partial charge in [-0.15, -0.1) is 0 Å². The molecule has 1 rings (SSSR count). The van der Waals surface area contributed by atoms with Crippen LogP contribution in [0.1, 0.15) is 5.56 Å². The van der Waals surface area contributed by atoms with Crippen LogP contribution in [0.4, 0.5) is 0 Å². The summed E-state index contributed by atoms with van der Waals surface area (Å²) < 4.78 is 0. The van der Waals surface area contributed by atoms with Gasteiger partial charge in [0.25, 0.3) is 0 Å². The molecule has 3 nitrogen and oxygen atoms in total. The fraction of sp³-hybridized carbons (Fsp3) is 0.125. The summed E-state index contributed by atoms with van der Waals surface area (Å²) in [5.74, 6) is 0. The number of benzene rings is 1. The number of hydrogen-bond acceptors (Lipinski definition) is 3. The first-order valence-corrected chi connectivity index (χ1v) is 3.54. The van der Waals surface area contributed by atoms with E-state index in [9.17, 15) is 0 Å². The molecule has 0 aliphatic rings. The summed E-state index contributed by atoms with van der Waals surface area (Å²) in [6.07, 6.45) is 0.890. The van der Waals surface area contributed by atoms with Crippen LogP contribution in [0.25, 0.3) is 0 Å². The predicted molar refractivity (Wildman–Crippen MR) is 47.9 cm³/mol. The first-order valence-electron chi connectivity index (χ1n) is 3.54. The minimum absolute atomic E-state index is 0. The smallest absolute Gasteiger partial charge is 0.402 e. The van der Waals surface area contributed by atoms with E-state index in [4.69, 9.17) is 15.1 Å². The van der Waals surface area contributed by atoms with Gasteiger partial charge in [-0.2, -0.15) is 6.42 Å². The summed E-state index contributed by atoms with van der Waals surface area (Å²) in [4.78, 5) is 0. The Morgan fingerprint density at radius 2 is 1.46 bits per heavy atom. The zero-order valence-electron chi connectivity index (χ0n) is 7.72. The summed E-state index contributed by atoms with van der Waals surface area (Å²) in [6, 6.07) is 10.2. The van der Waals surface area contributed by atoms with E-state index in [0.29, 0.717) is 0 Å². The molecule has 0 aromatic heterocycles. The van der Waals surface area contributed by atoms with Crippen LogP contribution in [0, 0.1) is 6.92 Å². The Balaban J connectivity index is 0. The maximum Gasteiger partial charge on any atom is 1.00 e. The van der Waals surface area contributed by atoms with Gasteiger partial charge in [0, 0.05) is 0 Å². The van der Waals surface area contributed by atoms with Gasteiger partial charge < -0.3 is 22.0 Å². The molecule has 0 aliphatic heterocycles. The van der Waals surface area contributed by atoms with Gasteiger partial charge in [-0.3, -0.25) is 0 Å². The summed E-state index contributed by atoms with van der Waals surface area (Å²) >= 11 is 0. The Hall–Kier alpha value is 0.801. The number of hydrogen-bond donors (Lipinski definition) is 3. The Labute approximate surface area is 121 Å². The van der Waals surface area contributed by atoms with Crippen LogP contribution in [0.2, 0.25) is 0 Å². The van der Waals surface area contributed by atoms with Crippen molar-refractivity contribution in [3.63, 3.8) is 0 Å². The first kappa shape index (κ1) is 16.2. The Kier molecular flexibility index (Phi) is 13.6. The number of rotatable bonds is 1. The predicted octanol–water partition coefficient (Wildman–Crippen LogP) is -2.98. The van der Waals surface area contributed by atoms with Crippen molar-refractivity contribution in [1.29, 1.82) is 0 Å². The maximum absolute atomic E-state index is 7.17. The zero-order valence-corrected chi connectivity index (χ0v) is 10.8. The van der Waals surface area contributed by atoms with Gasteiger partial charge in [0.05, 0.1) is 0 Å². The van der Waals surface area contributed by atoms with Crippen molar-refractivity contribution < 1.29 is 66.5 Å². The second-order valence-corrected chi connectivity index (χ2v) is 2.08. The van der Waals surface area contributed by atoms with Gasteiger partial charge in [-0.05, 0) is 0 Å². The molecule has 1 aromatic carbocycles. The molecular weight excluding hydrogens is 194 g/mol. The normalized spacial score (nSPS) is 7.69. The molecule has 0 atom stereocenters. The van der Waals surface area contributed by atoms with Gasteiger partial charge in [0.1, 0.15) is 0 Å². The molecule has 0 saturated heterocycles. The third-order valence-electron chi connectivity index (χ3n) is 1.13. The molecule has 0 radical (unpaired) electrons. The second-order valence-electron chi connectivity index (χ2n) is 2.08. The molecule has 0 spiro atoms. The van der Waals surface area contributed by atoms with E-state index in [2.05, 4.69) is 19.1 Å². The molecule has 0 saturated carbocycles. The van der Waals surface area contributed by atoms with Crippen LogP contribution in [0.15, 0.2) is 30.3 Å². The van der Waals surface area contributed by atoms with Crippen molar-refractivity contribution >= 4 is 7.32 Å². The van der Waals surface area contributed by atoms with E-state index in [1.807, 2.05) is 18.2 Å². The summed E-state index contributed by atoms with van der Waals surface area (Å²) in [5, 5.41) is 21.5. The van der Waals surface area contributed by atoms with Crippen molar-refractivity contribution in [3.05, 3.63) is 42.8 Å². The standard InChI is InChI=1S/C8H9.BH3O3.K/c1-2-8-6-4-3-5-7-8;2-1(3)4;/h3-7H,1-2H2;2-4H;/q-1;;+1. The van der Waals surface area contributed by atoms with E-state index in [1.165, 1.54) is 5.56 Å². The van der Waals surface area contributed by atoms with Crippen LogP contribution < -0.4 is 51.4 Å². The van der Waals surface area contributed by atoms with Crippen LogP contribution in [-0.4, -0.2) is 22.4 Å². The molecule has 13 heavy (non-hydrogen) atoms. The topological polar surface area (TPSA) is 60.7 Å². The first-order chi connectivity index (χ1) is 5.66. The Bertz CT molecular complexity index is 191. The van der Waals surface area contributed by atoms with Gasteiger partial charge in [0.2, 0.25) is 0 Å². The zero-order chi connectivity index (χ0) is 9.40. The van der Waals surface area contributed by atoms with Crippen LogP contribution in [-0.2, 0) is 6.42 Å². The molecule has 5 heteroatoms. The van der Waals surface area contributed by atoms with Crippen LogP contribution in [0.3, 0.4) is 0 Å². The molecule has 3 N–H and O–H groups in total. The average molecular weight is 206 g/mol. The molecule has 0 heterocycles. The van der Waals surface area contributed by atoms with Crippen molar-refractivity contribution in [2.24, 2.45) is 0 Å². The fourth-order valence-electron chi connectivity index (χ4n) is 0.645. The molecule has 1 aromatic rings. The SMILES string of the molecule is OB(O)O.[CH2-]Cc1ccccc1.[K+]. The minimum atomic E-state index is -2.17. The van der Waals surface area contributed by atoms with Gasteiger partial charge >= 0.3 is 58.7 Å². The molecule has 0 aliphatic carbocycles. The van der Waals surface area contributed by atoms with Crippen molar-refractivity contribution in [2.75, 3.05) is 0 Å². The van der Waals surface area contributed by atoms with E-state index >= 15 is 0 Å².